The molecule has 0 aromatic heterocycles. The fourth-order valence-corrected chi connectivity index (χ4v) is 4.42. The van der Waals surface area contributed by atoms with Gasteiger partial charge in [-0.05, 0) is 26.3 Å². The second-order valence-electron chi connectivity index (χ2n) is 7.00. The summed E-state index contributed by atoms with van der Waals surface area (Å²) >= 11 is 1.30. The first-order valence-corrected chi connectivity index (χ1v) is 10.3. The van der Waals surface area contributed by atoms with Crippen molar-refractivity contribution in [2.75, 3.05) is 5.75 Å². The number of allylic oxidation sites excluding steroid dienone is 3. The Hall–Kier alpha value is -3.10. The summed E-state index contributed by atoms with van der Waals surface area (Å²) in [4.78, 5) is 24.9. The van der Waals surface area contributed by atoms with Crippen molar-refractivity contribution in [1.82, 2.24) is 5.32 Å². The lowest BCUT2D eigenvalue weighted by molar-refractivity contribution is -0.113. The van der Waals surface area contributed by atoms with Crippen molar-refractivity contribution in [2.24, 2.45) is 0 Å². The lowest BCUT2D eigenvalue weighted by Crippen LogP contribution is -2.27. The number of Topliss-reactive ketones (excluding diaryl/α,β-unsaturated/α-hetero) is 2. The minimum absolute atomic E-state index is 0.00292. The molecule has 0 radical (unpaired) electrons. The van der Waals surface area contributed by atoms with Gasteiger partial charge in [-0.3, -0.25) is 9.59 Å². The van der Waals surface area contributed by atoms with Gasteiger partial charge in [0, 0.05) is 16.8 Å². The molecule has 1 heterocycles. The van der Waals surface area contributed by atoms with E-state index in [1.165, 1.54) is 18.7 Å². The van der Waals surface area contributed by atoms with Crippen LogP contribution in [-0.2, 0) is 4.79 Å². The van der Waals surface area contributed by atoms with Crippen molar-refractivity contribution in [3.63, 3.8) is 0 Å². The molecule has 0 unspecified atom stereocenters. The van der Waals surface area contributed by atoms with Crippen LogP contribution in [0.5, 0.6) is 0 Å². The Balaban J connectivity index is 1.93. The molecule has 1 aliphatic rings. The molecule has 2 aromatic carbocycles. The van der Waals surface area contributed by atoms with E-state index >= 15 is 0 Å². The summed E-state index contributed by atoms with van der Waals surface area (Å²) in [7, 11) is 0. The van der Waals surface area contributed by atoms with E-state index in [0.717, 1.165) is 16.8 Å². The predicted molar refractivity (Wildman–Crippen MR) is 116 cm³/mol. The highest BCUT2D eigenvalue weighted by Crippen LogP contribution is 2.40. The summed E-state index contributed by atoms with van der Waals surface area (Å²) in [5, 5.41) is 13.7. The lowest BCUT2D eigenvalue weighted by atomic mass is 9.81. The van der Waals surface area contributed by atoms with Gasteiger partial charge < -0.3 is 5.32 Å². The van der Waals surface area contributed by atoms with Crippen molar-refractivity contribution in [3.05, 3.63) is 93.2 Å². The molecule has 1 atom stereocenters. The van der Waals surface area contributed by atoms with E-state index in [-0.39, 0.29) is 17.3 Å². The molecular weight excluding hydrogens is 380 g/mol. The minimum atomic E-state index is -0.433. The summed E-state index contributed by atoms with van der Waals surface area (Å²) in [6, 6.07) is 19.3. The minimum Gasteiger partial charge on any atom is -0.353 e. The molecule has 0 amide bonds. The quantitative estimate of drug-likeness (QED) is 0.696. The number of nitrogens with zero attached hydrogens (tertiary/aromatic N) is 1. The Kier molecular flexibility index (Phi) is 6.36. The first kappa shape index (κ1) is 20.6. The largest absolute Gasteiger partial charge is 0.353 e. The molecule has 4 nitrogen and oxygen atoms in total. The Morgan fingerprint density at radius 3 is 2.31 bits per heavy atom. The Morgan fingerprint density at radius 1 is 1.07 bits per heavy atom. The van der Waals surface area contributed by atoms with Crippen LogP contribution in [0.3, 0.4) is 0 Å². The first-order valence-electron chi connectivity index (χ1n) is 9.33. The SMILES string of the molecule is CC(=O)C1=C(C)NC(SCC(=O)c2ccc(C)cc2)=C(C#N)[C@@H]1c1ccccc1. The van der Waals surface area contributed by atoms with Crippen LogP contribution in [0, 0.1) is 18.3 Å². The maximum absolute atomic E-state index is 12.6. The van der Waals surface area contributed by atoms with E-state index in [9.17, 15) is 14.9 Å². The molecule has 29 heavy (non-hydrogen) atoms. The molecule has 0 bridgehead atoms. The first-order chi connectivity index (χ1) is 13.9. The number of benzene rings is 2. The van der Waals surface area contributed by atoms with Crippen LogP contribution >= 0.6 is 11.8 Å². The Labute approximate surface area is 175 Å². The number of thioether (sulfide) groups is 1. The molecule has 1 N–H and O–H groups in total. The summed E-state index contributed by atoms with van der Waals surface area (Å²) in [5.41, 5.74) is 4.40. The van der Waals surface area contributed by atoms with Gasteiger partial charge in [-0.25, -0.2) is 0 Å². The van der Waals surface area contributed by atoms with Crippen LogP contribution in [0.4, 0.5) is 0 Å². The molecule has 0 spiro atoms. The van der Waals surface area contributed by atoms with Gasteiger partial charge in [0.25, 0.3) is 0 Å². The average molecular weight is 403 g/mol. The average Bonchev–Trinajstić information content (AvgIpc) is 2.72. The summed E-state index contributed by atoms with van der Waals surface area (Å²) in [6.45, 7) is 5.33. The van der Waals surface area contributed by atoms with Crippen molar-refractivity contribution in [1.29, 1.82) is 5.26 Å². The smallest absolute Gasteiger partial charge is 0.173 e. The maximum Gasteiger partial charge on any atom is 0.173 e. The van der Waals surface area contributed by atoms with Gasteiger partial charge in [-0.15, -0.1) is 0 Å². The van der Waals surface area contributed by atoms with Crippen LogP contribution < -0.4 is 5.32 Å². The van der Waals surface area contributed by atoms with E-state index in [1.54, 1.807) is 0 Å². The number of aryl methyl sites for hydroxylation is 1. The Morgan fingerprint density at radius 2 is 1.72 bits per heavy atom. The molecule has 146 valence electrons. The van der Waals surface area contributed by atoms with Crippen molar-refractivity contribution >= 4 is 23.3 Å². The van der Waals surface area contributed by atoms with Crippen LogP contribution in [-0.4, -0.2) is 17.3 Å². The van der Waals surface area contributed by atoms with Gasteiger partial charge in [0.1, 0.15) is 0 Å². The highest BCUT2D eigenvalue weighted by Gasteiger charge is 2.33. The zero-order valence-electron chi connectivity index (χ0n) is 16.7. The van der Waals surface area contributed by atoms with Crippen LogP contribution in [0.25, 0.3) is 0 Å². The summed E-state index contributed by atoms with van der Waals surface area (Å²) in [6.07, 6.45) is 0. The summed E-state index contributed by atoms with van der Waals surface area (Å²) < 4.78 is 0. The third-order valence-corrected chi connectivity index (χ3v) is 5.90. The monoisotopic (exact) mass is 402 g/mol. The molecule has 3 rings (SSSR count). The van der Waals surface area contributed by atoms with Crippen LogP contribution in [0.15, 0.2) is 76.5 Å². The normalized spacial score (nSPS) is 16.3. The second-order valence-corrected chi connectivity index (χ2v) is 7.98. The van der Waals surface area contributed by atoms with Gasteiger partial charge in [-0.1, -0.05) is 71.9 Å². The molecule has 0 saturated heterocycles. The highest BCUT2D eigenvalue weighted by molar-refractivity contribution is 8.03. The maximum atomic E-state index is 12.6. The predicted octanol–water partition coefficient (Wildman–Crippen LogP) is 4.90. The van der Waals surface area contributed by atoms with Gasteiger partial charge in [0.2, 0.25) is 0 Å². The number of carbonyl (C=O) groups is 2. The topological polar surface area (TPSA) is 70.0 Å². The van der Waals surface area contributed by atoms with E-state index in [2.05, 4.69) is 11.4 Å². The number of hydrogen-bond donors (Lipinski definition) is 1. The molecule has 2 aromatic rings. The number of dihydropyridines is 1. The number of hydrogen-bond acceptors (Lipinski definition) is 5. The number of nitrogens with one attached hydrogen (secondary N) is 1. The van der Waals surface area contributed by atoms with E-state index in [1.807, 2.05) is 68.4 Å². The molecule has 0 saturated carbocycles. The van der Waals surface area contributed by atoms with Crippen LogP contribution in [0.1, 0.15) is 41.3 Å². The number of carbonyl (C=O) groups excluding carboxylic acids is 2. The van der Waals surface area contributed by atoms with Gasteiger partial charge in [-0.2, -0.15) is 5.26 Å². The Bertz CT molecular complexity index is 1040. The van der Waals surface area contributed by atoms with Crippen LogP contribution in [0.2, 0.25) is 0 Å². The zero-order chi connectivity index (χ0) is 21.0. The third kappa shape index (κ3) is 4.49. The van der Waals surface area contributed by atoms with E-state index in [0.29, 0.717) is 21.7 Å². The van der Waals surface area contributed by atoms with Gasteiger partial charge >= 0.3 is 0 Å². The number of rotatable bonds is 6. The molecular formula is C24H22N2O2S. The van der Waals surface area contributed by atoms with E-state index in [4.69, 9.17) is 0 Å². The second kappa shape index (κ2) is 8.93. The highest BCUT2D eigenvalue weighted by atomic mass is 32.2. The lowest BCUT2D eigenvalue weighted by Gasteiger charge is -2.29. The van der Waals surface area contributed by atoms with Gasteiger partial charge in [0.05, 0.1) is 28.3 Å². The molecule has 0 aliphatic carbocycles. The fraction of sp³-hybridized carbons (Fsp3) is 0.208. The molecule has 5 heteroatoms. The summed E-state index contributed by atoms with van der Waals surface area (Å²) in [5.74, 6) is -0.300. The van der Waals surface area contributed by atoms with Crippen molar-refractivity contribution < 1.29 is 9.59 Å². The fourth-order valence-electron chi connectivity index (χ4n) is 3.43. The van der Waals surface area contributed by atoms with Crippen molar-refractivity contribution in [2.45, 2.75) is 26.7 Å². The zero-order valence-corrected chi connectivity index (χ0v) is 17.5. The molecule has 1 aliphatic heterocycles. The van der Waals surface area contributed by atoms with E-state index < -0.39 is 5.92 Å². The van der Waals surface area contributed by atoms with Gasteiger partial charge in [0.15, 0.2) is 11.6 Å². The number of ketones is 2. The van der Waals surface area contributed by atoms with Crippen molar-refractivity contribution in [3.8, 4) is 6.07 Å². The third-order valence-electron chi connectivity index (χ3n) is 4.88. The molecule has 0 fully saturated rings. The number of nitriles is 1. The standard InChI is InChI=1S/C24H22N2O2S/c1-15-9-11-18(12-10-15)21(28)14-29-24-20(13-25)23(19-7-5-4-6-8-19)22(17(3)27)16(2)26-24/h4-12,23,26H,14H2,1-3H3/t23-/m0/s1.